The Morgan fingerprint density at radius 3 is 2.55 bits per heavy atom. The maximum atomic E-state index is 12.9. The molecule has 3 rings (SSSR count). The molecule has 0 atom stereocenters. The molecule has 0 unspecified atom stereocenters. The Balaban J connectivity index is 1.68. The molecule has 2 amide bonds. The van der Waals surface area contributed by atoms with Crippen molar-refractivity contribution in [2.24, 2.45) is 0 Å². The number of rotatable bonds is 3. The van der Waals surface area contributed by atoms with Gasteiger partial charge in [0.05, 0.1) is 11.7 Å². The van der Waals surface area contributed by atoms with Crippen LogP contribution in [0, 0.1) is 5.82 Å². The number of halogens is 1. The Hall–Kier alpha value is -2.50. The molecule has 0 bridgehead atoms. The molecule has 0 aliphatic heterocycles. The number of carbonyl (C=O) groups excluding carboxylic acids is 1. The number of carbonyl (C=O) groups is 1. The molecule has 0 saturated heterocycles. The van der Waals surface area contributed by atoms with E-state index < -0.39 is 0 Å². The van der Waals surface area contributed by atoms with E-state index in [1.165, 1.54) is 30.7 Å². The molecule has 1 heterocycles. The molecule has 0 spiro atoms. The van der Waals surface area contributed by atoms with E-state index >= 15 is 0 Å². The lowest BCUT2D eigenvalue weighted by molar-refractivity contribution is 0.247. The van der Waals surface area contributed by atoms with Gasteiger partial charge >= 0.3 is 6.03 Å². The number of hydrogen-bond donors (Lipinski definition) is 2. The summed E-state index contributed by atoms with van der Waals surface area (Å²) in [6, 6.07) is 5.86. The summed E-state index contributed by atoms with van der Waals surface area (Å²) in [5, 5.41) is 5.53. The maximum absolute atomic E-state index is 12.9. The highest BCUT2D eigenvalue weighted by molar-refractivity contribution is 5.89. The van der Waals surface area contributed by atoms with Gasteiger partial charge in [0.25, 0.3) is 0 Å². The number of benzene rings is 1. The summed E-state index contributed by atoms with van der Waals surface area (Å²) in [6.45, 7) is 0. The third-order valence-corrected chi connectivity index (χ3v) is 3.30. The van der Waals surface area contributed by atoms with Crippen molar-refractivity contribution >= 4 is 11.8 Å². The van der Waals surface area contributed by atoms with Crippen molar-refractivity contribution in [1.82, 2.24) is 15.3 Å². The zero-order valence-electron chi connectivity index (χ0n) is 10.6. The lowest BCUT2D eigenvalue weighted by atomic mass is 10.1. The summed E-state index contributed by atoms with van der Waals surface area (Å²) in [4.78, 5) is 19.8. The van der Waals surface area contributed by atoms with Crippen LogP contribution in [0.3, 0.4) is 0 Å². The highest BCUT2D eigenvalue weighted by Gasteiger charge is 2.45. The van der Waals surface area contributed by atoms with Gasteiger partial charge in [0, 0.05) is 12.4 Å². The minimum Gasteiger partial charge on any atom is -0.328 e. The van der Waals surface area contributed by atoms with Crippen molar-refractivity contribution in [2.75, 3.05) is 5.32 Å². The second-order valence-corrected chi connectivity index (χ2v) is 4.76. The Morgan fingerprint density at radius 2 is 1.95 bits per heavy atom. The average Bonchev–Trinajstić information content (AvgIpc) is 3.21. The smallest absolute Gasteiger partial charge is 0.321 e. The number of anilines is 1. The Morgan fingerprint density at radius 1 is 1.20 bits per heavy atom. The van der Waals surface area contributed by atoms with Crippen LogP contribution in [-0.2, 0) is 5.54 Å². The molecule has 1 saturated carbocycles. The van der Waals surface area contributed by atoms with E-state index in [1.807, 2.05) is 0 Å². The van der Waals surface area contributed by atoms with Gasteiger partial charge in [0.15, 0.2) is 5.82 Å². The van der Waals surface area contributed by atoms with Crippen LogP contribution in [0.25, 0.3) is 0 Å². The van der Waals surface area contributed by atoms with Gasteiger partial charge in [-0.25, -0.2) is 14.2 Å². The van der Waals surface area contributed by atoms with Crippen molar-refractivity contribution in [3.63, 3.8) is 0 Å². The van der Waals surface area contributed by atoms with Crippen molar-refractivity contribution < 1.29 is 9.18 Å². The molecule has 20 heavy (non-hydrogen) atoms. The van der Waals surface area contributed by atoms with Gasteiger partial charge in [-0.05, 0) is 30.5 Å². The van der Waals surface area contributed by atoms with E-state index in [9.17, 15) is 9.18 Å². The highest BCUT2D eigenvalue weighted by Crippen LogP contribution is 2.45. The second-order valence-electron chi connectivity index (χ2n) is 4.76. The van der Waals surface area contributed by atoms with Gasteiger partial charge in [0.1, 0.15) is 5.82 Å². The summed E-state index contributed by atoms with van der Waals surface area (Å²) in [6.07, 6.45) is 6.18. The van der Waals surface area contributed by atoms with Gasteiger partial charge < -0.3 is 5.32 Å². The zero-order chi connectivity index (χ0) is 14.0. The van der Waals surface area contributed by atoms with E-state index in [2.05, 4.69) is 20.6 Å². The summed E-state index contributed by atoms with van der Waals surface area (Å²) >= 11 is 0. The topological polar surface area (TPSA) is 66.9 Å². The molecule has 1 aromatic carbocycles. The van der Waals surface area contributed by atoms with Crippen LogP contribution in [0.4, 0.5) is 15.0 Å². The number of nitrogens with one attached hydrogen (secondary N) is 2. The molecule has 1 aliphatic carbocycles. The average molecular weight is 272 g/mol. The SMILES string of the molecule is O=C(Nc1cnccn1)NC1(c2ccc(F)cc2)CC1. The standard InChI is InChI=1S/C14H13FN4O/c15-11-3-1-10(2-4-11)14(5-6-14)19-13(20)18-12-9-16-7-8-17-12/h1-4,7-9H,5-6H2,(H2,17,18,19,20). The number of amides is 2. The molecular formula is C14H13FN4O. The first kappa shape index (κ1) is 12.5. The molecule has 1 fully saturated rings. The fourth-order valence-corrected chi connectivity index (χ4v) is 2.11. The van der Waals surface area contributed by atoms with Crippen molar-refractivity contribution in [3.8, 4) is 0 Å². The monoisotopic (exact) mass is 272 g/mol. The molecule has 2 N–H and O–H groups in total. The maximum Gasteiger partial charge on any atom is 0.321 e. The Bertz CT molecular complexity index is 611. The molecule has 1 aromatic heterocycles. The van der Waals surface area contributed by atoms with Crippen LogP contribution in [-0.4, -0.2) is 16.0 Å². The molecule has 1 aliphatic rings. The lowest BCUT2D eigenvalue weighted by Gasteiger charge is -2.18. The van der Waals surface area contributed by atoms with E-state index in [1.54, 1.807) is 12.1 Å². The minimum atomic E-state index is -0.389. The number of hydrogen-bond acceptors (Lipinski definition) is 3. The van der Waals surface area contributed by atoms with Gasteiger partial charge in [-0.15, -0.1) is 0 Å². The molecule has 0 radical (unpaired) electrons. The third-order valence-electron chi connectivity index (χ3n) is 3.30. The van der Waals surface area contributed by atoms with E-state index in [-0.39, 0.29) is 17.4 Å². The summed E-state index contributed by atoms with van der Waals surface area (Å²) < 4.78 is 12.9. The van der Waals surface area contributed by atoms with Crippen LogP contribution >= 0.6 is 0 Å². The van der Waals surface area contributed by atoms with E-state index in [4.69, 9.17) is 0 Å². The molecule has 6 heteroatoms. The lowest BCUT2D eigenvalue weighted by Crippen LogP contribution is -2.38. The van der Waals surface area contributed by atoms with Crippen LogP contribution < -0.4 is 10.6 Å². The third kappa shape index (κ3) is 2.59. The predicted octanol–water partition coefficient (Wildman–Crippen LogP) is 2.43. The molecule has 2 aromatic rings. The van der Waals surface area contributed by atoms with Crippen molar-refractivity contribution in [1.29, 1.82) is 0 Å². The van der Waals surface area contributed by atoms with E-state index in [0.29, 0.717) is 5.82 Å². The molecule has 102 valence electrons. The first-order chi connectivity index (χ1) is 9.68. The van der Waals surface area contributed by atoms with Crippen LogP contribution in [0.15, 0.2) is 42.9 Å². The van der Waals surface area contributed by atoms with Gasteiger partial charge in [-0.3, -0.25) is 10.3 Å². The number of urea groups is 1. The zero-order valence-corrected chi connectivity index (χ0v) is 10.6. The fraction of sp³-hybridized carbons (Fsp3) is 0.214. The predicted molar refractivity (Wildman–Crippen MR) is 71.5 cm³/mol. The second kappa shape index (κ2) is 4.88. The number of nitrogens with zero attached hydrogens (tertiary/aromatic N) is 2. The quantitative estimate of drug-likeness (QED) is 0.901. The summed E-state index contributed by atoms with van der Waals surface area (Å²) in [5.41, 5.74) is 0.521. The molecular weight excluding hydrogens is 259 g/mol. The molecule has 5 nitrogen and oxygen atoms in total. The largest absolute Gasteiger partial charge is 0.328 e. The Labute approximate surface area is 115 Å². The Kier molecular flexibility index (Phi) is 3.06. The van der Waals surface area contributed by atoms with Gasteiger partial charge in [0.2, 0.25) is 0 Å². The van der Waals surface area contributed by atoms with Crippen molar-refractivity contribution in [2.45, 2.75) is 18.4 Å². The van der Waals surface area contributed by atoms with E-state index in [0.717, 1.165) is 18.4 Å². The normalized spacial score (nSPS) is 15.4. The first-order valence-electron chi connectivity index (χ1n) is 6.29. The van der Waals surface area contributed by atoms with Crippen molar-refractivity contribution in [3.05, 3.63) is 54.2 Å². The summed E-state index contributed by atoms with van der Waals surface area (Å²) in [7, 11) is 0. The number of aromatic nitrogens is 2. The van der Waals surface area contributed by atoms with Crippen LogP contribution in [0.5, 0.6) is 0 Å². The summed E-state index contributed by atoms with van der Waals surface area (Å²) in [5.74, 6) is 0.105. The first-order valence-corrected chi connectivity index (χ1v) is 6.29. The van der Waals surface area contributed by atoms with Gasteiger partial charge in [-0.1, -0.05) is 12.1 Å². The van der Waals surface area contributed by atoms with Crippen LogP contribution in [0.2, 0.25) is 0 Å². The minimum absolute atomic E-state index is 0.284. The van der Waals surface area contributed by atoms with Gasteiger partial charge in [-0.2, -0.15) is 0 Å². The highest BCUT2D eigenvalue weighted by atomic mass is 19.1. The fourth-order valence-electron chi connectivity index (χ4n) is 2.11. The van der Waals surface area contributed by atoms with Crippen LogP contribution in [0.1, 0.15) is 18.4 Å².